The number of aromatic nitrogens is 2. The molecular formula is C23H22F2N4O4. The van der Waals surface area contributed by atoms with Crippen molar-refractivity contribution in [3.8, 4) is 5.69 Å². The number of carbonyl (C=O) groups excluding carboxylic acids is 2. The van der Waals surface area contributed by atoms with Crippen molar-refractivity contribution < 1.29 is 18.4 Å². The number of aryl methyl sites for hydroxylation is 1. The smallest absolute Gasteiger partial charge is 0.336 e. The molecule has 0 unspecified atom stereocenters. The fraction of sp³-hybridized carbons (Fsp3) is 0.304. The van der Waals surface area contributed by atoms with E-state index in [2.05, 4.69) is 0 Å². The normalized spacial score (nSPS) is 14.1. The van der Waals surface area contributed by atoms with Crippen molar-refractivity contribution in [2.24, 2.45) is 0 Å². The maximum absolute atomic E-state index is 14.5. The van der Waals surface area contributed by atoms with E-state index in [0.29, 0.717) is 36.8 Å². The van der Waals surface area contributed by atoms with Crippen molar-refractivity contribution in [1.82, 2.24) is 18.9 Å². The average Bonchev–Trinajstić information content (AvgIpc) is 2.78. The Morgan fingerprint density at radius 3 is 2.24 bits per heavy atom. The van der Waals surface area contributed by atoms with Crippen LogP contribution in [-0.2, 0) is 16.1 Å². The molecule has 0 aliphatic carbocycles. The zero-order valence-electron chi connectivity index (χ0n) is 18.2. The van der Waals surface area contributed by atoms with Crippen LogP contribution >= 0.6 is 0 Å². The minimum Gasteiger partial charge on any atom is -0.339 e. The molecule has 1 aromatic heterocycles. The second-order valence-electron chi connectivity index (χ2n) is 8.01. The fourth-order valence-corrected chi connectivity index (χ4v) is 4.02. The third-order valence-electron chi connectivity index (χ3n) is 5.82. The Bertz CT molecular complexity index is 1390. The zero-order chi connectivity index (χ0) is 23.9. The number of rotatable bonds is 3. The Kier molecular flexibility index (Phi) is 5.84. The van der Waals surface area contributed by atoms with Gasteiger partial charge < -0.3 is 9.80 Å². The number of hydrogen-bond acceptors (Lipinski definition) is 4. The van der Waals surface area contributed by atoms with Crippen LogP contribution in [-0.4, -0.2) is 56.9 Å². The van der Waals surface area contributed by atoms with Gasteiger partial charge in [0.25, 0.3) is 5.56 Å². The molecule has 172 valence electrons. The first-order valence-electron chi connectivity index (χ1n) is 10.4. The molecule has 10 heteroatoms. The molecular weight excluding hydrogens is 434 g/mol. The van der Waals surface area contributed by atoms with Gasteiger partial charge in [0.1, 0.15) is 18.2 Å². The molecule has 2 amide bonds. The Morgan fingerprint density at radius 1 is 0.939 bits per heavy atom. The maximum atomic E-state index is 14.5. The van der Waals surface area contributed by atoms with Crippen molar-refractivity contribution in [2.45, 2.75) is 20.4 Å². The van der Waals surface area contributed by atoms with E-state index in [0.717, 1.165) is 22.3 Å². The van der Waals surface area contributed by atoms with E-state index in [9.17, 15) is 28.0 Å². The monoisotopic (exact) mass is 456 g/mol. The SMILES string of the molecule is CC(=O)N1CCN(C(=O)Cn2c(=O)n(-c3ccc(F)cc3F)c(=O)c3cc(C)ccc32)CC1. The van der Waals surface area contributed by atoms with Crippen LogP contribution in [0.15, 0.2) is 46.0 Å². The van der Waals surface area contributed by atoms with Crippen molar-refractivity contribution >= 4 is 22.7 Å². The minimum atomic E-state index is -1.07. The second-order valence-corrected chi connectivity index (χ2v) is 8.01. The van der Waals surface area contributed by atoms with Gasteiger partial charge in [0, 0.05) is 39.2 Å². The highest BCUT2D eigenvalue weighted by molar-refractivity contribution is 5.83. The van der Waals surface area contributed by atoms with Gasteiger partial charge in [0.15, 0.2) is 0 Å². The molecule has 3 aromatic rings. The number of fused-ring (bicyclic) bond motifs is 1. The van der Waals surface area contributed by atoms with Crippen molar-refractivity contribution in [2.75, 3.05) is 26.2 Å². The van der Waals surface area contributed by atoms with Crippen molar-refractivity contribution in [1.29, 1.82) is 0 Å². The number of piperazine rings is 1. The third kappa shape index (κ3) is 4.15. The van der Waals surface area contributed by atoms with Gasteiger partial charge in [0.05, 0.1) is 16.6 Å². The summed E-state index contributed by atoms with van der Waals surface area (Å²) in [5.74, 6) is -2.36. The first kappa shape index (κ1) is 22.4. The van der Waals surface area contributed by atoms with Crippen LogP contribution < -0.4 is 11.2 Å². The molecule has 0 spiro atoms. The van der Waals surface area contributed by atoms with Gasteiger partial charge >= 0.3 is 5.69 Å². The lowest BCUT2D eigenvalue weighted by Crippen LogP contribution is -2.51. The van der Waals surface area contributed by atoms with Crippen molar-refractivity contribution in [3.63, 3.8) is 0 Å². The largest absolute Gasteiger partial charge is 0.339 e. The van der Waals surface area contributed by atoms with E-state index in [1.165, 1.54) is 6.92 Å². The van der Waals surface area contributed by atoms with Gasteiger partial charge in [-0.1, -0.05) is 11.6 Å². The number of benzene rings is 2. The highest BCUT2D eigenvalue weighted by Gasteiger charge is 2.25. The lowest BCUT2D eigenvalue weighted by molar-refractivity contribution is -0.138. The molecule has 1 fully saturated rings. The molecule has 8 nitrogen and oxygen atoms in total. The summed E-state index contributed by atoms with van der Waals surface area (Å²) in [4.78, 5) is 54.2. The summed E-state index contributed by atoms with van der Waals surface area (Å²) in [5.41, 5.74) is -1.08. The van der Waals surface area contributed by atoms with Crippen LogP contribution in [0.4, 0.5) is 8.78 Å². The number of nitrogens with zero attached hydrogens (tertiary/aromatic N) is 4. The molecule has 2 heterocycles. The van der Waals surface area contributed by atoms with Gasteiger partial charge in [-0.2, -0.15) is 0 Å². The van der Waals surface area contributed by atoms with Gasteiger partial charge in [-0.3, -0.25) is 19.0 Å². The third-order valence-corrected chi connectivity index (χ3v) is 5.82. The van der Waals surface area contributed by atoms with Crippen LogP contribution in [0.5, 0.6) is 0 Å². The summed E-state index contributed by atoms with van der Waals surface area (Å²) in [6.07, 6.45) is 0. The molecule has 2 aromatic carbocycles. The molecule has 0 N–H and O–H groups in total. The molecule has 0 bridgehead atoms. The molecule has 4 rings (SSSR count). The first-order chi connectivity index (χ1) is 15.7. The lowest BCUT2D eigenvalue weighted by atomic mass is 10.1. The highest BCUT2D eigenvalue weighted by atomic mass is 19.1. The summed E-state index contributed by atoms with van der Waals surface area (Å²) >= 11 is 0. The van der Waals surface area contributed by atoms with Gasteiger partial charge in [0.2, 0.25) is 11.8 Å². The van der Waals surface area contributed by atoms with Gasteiger partial charge in [-0.25, -0.2) is 18.1 Å². The summed E-state index contributed by atoms with van der Waals surface area (Å²) in [6, 6.07) is 7.39. The molecule has 33 heavy (non-hydrogen) atoms. The Labute approximate surface area is 187 Å². The Balaban J connectivity index is 1.81. The predicted molar refractivity (Wildman–Crippen MR) is 117 cm³/mol. The van der Waals surface area contributed by atoms with E-state index in [4.69, 9.17) is 0 Å². The number of halogens is 2. The summed E-state index contributed by atoms with van der Waals surface area (Å²) in [7, 11) is 0. The second kappa shape index (κ2) is 8.61. The van der Waals surface area contributed by atoms with E-state index < -0.39 is 28.6 Å². The van der Waals surface area contributed by atoms with E-state index >= 15 is 0 Å². The van der Waals surface area contributed by atoms with Gasteiger partial charge in [-0.05, 0) is 31.2 Å². The fourth-order valence-electron chi connectivity index (χ4n) is 4.02. The Hall–Kier alpha value is -3.82. The quantitative estimate of drug-likeness (QED) is 0.597. The van der Waals surface area contributed by atoms with Crippen LogP contribution in [0.25, 0.3) is 16.6 Å². The van der Waals surface area contributed by atoms with Crippen LogP contribution in [0, 0.1) is 18.6 Å². The molecule has 1 aliphatic rings. The summed E-state index contributed by atoms with van der Waals surface area (Å²) in [5, 5.41) is 0.132. The molecule has 1 aliphatic heterocycles. The molecule has 1 saturated heterocycles. The van der Waals surface area contributed by atoms with Crippen molar-refractivity contribution in [3.05, 3.63) is 74.4 Å². The van der Waals surface area contributed by atoms with Gasteiger partial charge in [-0.15, -0.1) is 0 Å². The standard InChI is InChI=1S/C23H22F2N4O4/c1-14-3-5-19-17(11-14)22(32)29(20-6-4-16(24)12-18(20)25)23(33)28(19)13-21(31)27-9-7-26(8-10-27)15(2)30/h3-6,11-12H,7-10,13H2,1-2H3. The van der Waals surface area contributed by atoms with E-state index in [1.54, 1.807) is 34.9 Å². The van der Waals surface area contributed by atoms with Crippen LogP contribution in [0.3, 0.4) is 0 Å². The zero-order valence-corrected chi connectivity index (χ0v) is 18.2. The number of hydrogen-bond donors (Lipinski definition) is 0. The summed E-state index contributed by atoms with van der Waals surface area (Å²) in [6.45, 7) is 4.25. The highest BCUT2D eigenvalue weighted by Crippen LogP contribution is 2.16. The molecule has 0 radical (unpaired) electrons. The van der Waals surface area contributed by atoms with Crippen LogP contribution in [0.2, 0.25) is 0 Å². The predicted octanol–water partition coefficient (Wildman–Crippen LogP) is 1.43. The maximum Gasteiger partial charge on any atom is 0.336 e. The van der Waals surface area contributed by atoms with Crippen LogP contribution in [0.1, 0.15) is 12.5 Å². The lowest BCUT2D eigenvalue weighted by Gasteiger charge is -2.34. The number of amides is 2. The van der Waals surface area contributed by atoms with E-state index in [1.807, 2.05) is 0 Å². The van der Waals surface area contributed by atoms with E-state index in [-0.39, 0.29) is 29.3 Å². The topological polar surface area (TPSA) is 84.6 Å². The average molecular weight is 456 g/mol. The molecule has 0 atom stereocenters. The Morgan fingerprint density at radius 2 is 1.61 bits per heavy atom. The summed E-state index contributed by atoms with van der Waals surface area (Å²) < 4.78 is 29.7. The first-order valence-corrected chi connectivity index (χ1v) is 10.4. The minimum absolute atomic E-state index is 0.0758. The molecule has 0 saturated carbocycles. The number of carbonyl (C=O) groups is 2.